The maximum atomic E-state index is 5.62. The fourth-order valence-electron chi connectivity index (χ4n) is 2.33. The van der Waals surface area contributed by atoms with Crippen LogP contribution in [-0.2, 0) is 11.3 Å². The molecule has 0 amide bonds. The van der Waals surface area contributed by atoms with E-state index in [1.807, 2.05) is 0 Å². The molecule has 1 atom stereocenters. The summed E-state index contributed by atoms with van der Waals surface area (Å²) < 4.78 is 6.76. The number of hydrogen-bond acceptors (Lipinski definition) is 3. The van der Waals surface area contributed by atoms with Gasteiger partial charge in [-0.05, 0) is 17.7 Å². The summed E-state index contributed by atoms with van der Waals surface area (Å²) in [4.78, 5) is 2.51. The van der Waals surface area contributed by atoms with Gasteiger partial charge in [-0.3, -0.25) is 4.90 Å². The molecular weight excluding hydrogens is 304 g/mol. The van der Waals surface area contributed by atoms with Crippen LogP contribution in [0, 0.1) is 0 Å². The molecular formula is C15H23BrN2O. The maximum Gasteiger partial charge on any atom is 0.0635 e. The van der Waals surface area contributed by atoms with Gasteiger partial charge in [-0.1, -0.05) is 41.9 Å². The van der Waals surface area contributed by atoms with Crippen LogP contribution in [0.25, 0.3) is 0 Å². The number of ether oxygens (including phenoxy) is 1. The Morgan fingerprint density at radius 2 is 2.32 bits per heavy atom. The van der Waals surface area contributed by atoms with Crippen molar-refractivity contribution in [2.45, 2.75) is 32.5 Å². The molecule has 4 heteroatoms. The molecule has 0 radical (unpaired) electrons. The molecule has 1 aliphatic rings. The number of morpholine rings is 1. The predicted molar refractivity (Wildman–Crippen MR) is 82.3 cm³/mol. The van der Waals surface area contributed by atoms with Crippen LogP contribution in [0.3, 0.4) is 0 Å². The Morgan fingerprint density at radius 3 is 3.05 bits per heavy atom. The van der Waals surface area contributed by atoms with Crippen LogP contribution >= 0.6 is 15.9 Å². The number of rotatable bonds is 5. The summed E-state index contributed by atoms with van der Waals surface area (Å²) in [6.07, 6.45) is 0. The van der Waals surface area contributed by atoms with Gasteiger partial charge in [0.25, 0.3) is 0 Å². The molecule has 1 aliphatic heterocycles. The van der Waals surface area contributed by atoms with Crippen LogP contribution in [0.4, 0.5) is 0 Å². The molecule has 1 N–H and O–H groups in total. The first-order valence-corrected chi connectivity index (χ1v) is 7.74. The van der Waals surface area contributed by atoms with Gasteiger partial charge in [-0.15, -0.1) is 0 Å². The van der Waals surface area contributed by atoms with Crippen molar-refractivity contribution in [2.24, 2.45) is 0 Å². The Labute approximate surface area is 124 Å². The van der Waals surface area contributed by atoms with E-state index in [0.717, 1.165) is 37.3 Å². The third-order valence-corrected chi connectivity index (χ3v) is 3.88. The van der Waals surface area contributed by atoms with Crippen LogP contribution in [-0.4, -0.2) is 43.3 Å². The Morgan fingerprint density at radius 1 is 1.47 bits per heavy atom. The first-order valence-electron chi connectivity index (χ1n) is 6.95. The number of benzene rings is 1. The summed E-state index contributed by atoms with van der Waals surface area (Å²) in [7, 11) is 0. The predicted octanol–water partition coefficient (Wildman–Crippen LogP) is 2.65. The average Bonchev–Trinajstić information content (AvgIpc) is 2.38. The van der Waals surface area contributed by atoms with Gasteiger partial charge in [0, 0.05) is 36.2 Å². The minimum Gasteiger partial charge on any atom is -0.378 e. The number of hydrogen-bond donors (Lipinski definition) is 1. The third kappa shape index (κ3) is 4.88. The maximum absolute atomic E-state index is 5.62. The van der Waals surface area contributed by atoms with Gasteiger partial charge in [0.05, 0.1) is 13.2 Å². The Kier molecular flexibility index (Phi) is 5.82. The molecule has 3 nitrogen and oxygen atoms in total. The molecule has 0 bridgehead atoms. The van der Waals surface area contributed by atoms with Crippen molar-refractivity contribution in [1.82, 2.24) is 10.2 Å². The van der Waals surface area contributed by atoms with E-state index in [4.69, 9.17) is 4.74 Å². The van der Waals surface area contributed by atoms with E-state index in [2.05, 4.69) is 64.3 Å². The minimum absolute atomic E-state index is 0.468. The van der Waals surface area contributed by atoms with E-state index < -0.39 is 0 Å². The Bertz CT molecular complexity index is 397. The summed E-state index contributed by atoms with van der Waals surface area (Å²) in [5.74, 6) is 0. The molecule has 0 aromatic heterocycles. The molecule has 1 unspecified atom stereocenters. The average molecular weight is 327 g/mol. The van der Waals surface area contributed by atoms with Crippen LogP contribution in [0.1, 0.15) is 19.4 Å². The molecule has 1 fully saturated rings. The third-order valence-electron chi connectivity index (χ3n) is 3.39. The van der Waals surface area contributed by atoms with Crippen molar-refractivity contribution in [2.75, 3.05) is 26.3 Å². The lowest BCUT2D eigenvalue weighted by molar-refractivity contribution is -0.0114. The van der Waals surface area contributed by atoms with Gasteiger partial charge in [0.1, 0.15) is 0 Å². The highest BCUT2D eigenvalue weighted by Gasteiger charge is 2.22. The van der Waals surface area contributed by atoms with Crippen LogP contribution in [0.15, 0.2) is 28.7 Å². The van der Waals surface area contributed by atoms with E-state index in [0.29, 0.717) is 12.1 Å². The van der Waals surface area contributed by atoms with E-state index in [9.17, 15) is 0 Å². The highest BCUT2D eigenvalue weighted by Crippen LogP contribution is 2.16. The monoisotopic (exact) mass is 326 g/mol. The number of nitrogens with zero attached hydrogens (tertiary/aromatic N) is 1. The van der Waals surface area contributed by atoms with Crippen molar-refractivity contribution < 1.29 is 4.74 Å². The van der Waals surface area contributed by atoms with E-state index in [1.54, 1.807) is 0 Å². The first kappa shape index (κ1) is 15.0. The van der Waals surface area contributed by atoms with Crippen molar-refractivity contribution in [3.05, 3.63) is 34.3 Å². The highest BCUT2D eigenvalue weighted by molar-refractivity contribution is 9.10. The van der Waals surface area contributed by atoms with Crippen LogP contribution in [0.2, 0.25) is 0 Å². The topological polar surface area (TPSA) is 24.5 Å². The van der Waals surface area contributed by atoms with Gasteiger partial charge < -0.3 is 10.1 Å². The van der Waals surface area contributed by atoms with E-state index in [-0.39, 0.29) is 0 Å². The van der Waals surface area contributed by atoms with Crippen molar-refractivity contribution in [3.63, 3.8) is 0 Å². The fourth-order valence-corrected chi connectivity index (χ4v) is 2.77. The molecule has 1 aromatic carbocycles. The zero-order chi connectivity index (χ0) is 13.7. The second kappa shape index (κ2) is 7.39. The Balaban J connectivity index is 1.95. The van der Waals surface area contributed by atoms with Crippen molar-refractivity contribution in [3.8, 4) is 0 Å². The smallest absolute Gasteiger partial charge is 0.0635 e. The first-order chi connectivity index (χ1) is 9.15. The van der Waals surface area contributed by atoms with Gasteiger partial charge in [0.2, 0.25) is 0 Å². The molecule has 106 valence electrons. The van der Waals surface area contributed by atoms with Crippen molar-refractivity contribution in [1.29, 1.82) is 0 Å². The molecule has 0 spiro atoms. The Hall–Kier alpha value is -0.420. The lowest BCUT2D eigenvalue weighted by Gasteiger charge is -2.36. The lowest BCUT2D eigenvalue weighted by Crippen LogP contribution is -2.50. The molecule has 2 rings (SSSR count). The van der Waals surface area contributed by atoms with E-state index in [1.165, 1.54) is 5.56 Å². The van der Waals surface area contributed by atoms with Gasteiger partial charge in [-0.25, -0.2) is 0 Å². The second-order valence-electron chi connectivity index (χ2n) is 5.39. The molecule has 1 heterocycles. The van der Waals surface area contributed by atoms with Gasteiger partial charge in [0.15, 0.2) is 0 Å². The standard InChI is InChI=1S/C15H23BrN2O/c1-12(2)17-9-15-11-19-7-6-18(15)10-13-4-3-5-14(16)8-13/h3-5,8,12,15,17H,6-7,9-11H2,1-2H3. The largest absolute Gasteiger partial charge is 0.378 e. The second-order valence-corrected chi connectivity index (χ2v) is 6.31. The minimum atomic E-state index is 0.468. The highest BCUT2D eigenvalue weighted by atomic mass is 79.9. The quantitative estimate of drug-likeness (QED) is 0.900. The van der Waals surface area contributed by atoms with Crippen LogP contribution < -0.4 is 5.32 Å². The zero-order valence-corrected chi connectivity index (χ0v) is 13.3. The summed E-state index contributed by atoms with van der Waals surface area (Å²) in [6, 6.07) is 9.54. The summed E-state index contributed by atoms with van der Waals surface area (Å²) in [5, 5.41) is 3.51. The summed E-state index contributed by atoms with van der Waals surface area (Å²) in [6.45, 7) is 9.03. The van der Waals surface area contributed by atoms with Crippen LogP contribution in [0.5, 0.6) is 0 Å². The zero-order valence-electron chi connectivity index (χ0n) is 11.7. The summed E-state index contributed by atoms with van der Waals surface area (Å²) >= 11 is 3.54. The molecule has 0 saturated carbocycles. The molecule has 19 heavy (non-hydrogen) atoms. The fraction of sp³-hybridized carbons (Fsp3) is 0.600. The normalized spacial score (nSPS) is 20.9. The molecule has 1 aromatic rings. The number of nitrogens with one attached hydrogen (secondary N) is 1. The molecule has 1 saturated heterocycles. The van der Waals surface area contributed by atoms with Gasteiger partial charge >= 0.3 is 0 Å². The number of halogens is 1. The lowest BCUT2D eigenvalue weighted by atomic mass is 10.1. The SMILES string of the molecule is CC(C)NCC1COCCN1Cc1cccc(Br)c1. The summed E-state index contributed by atoms with van der Waals surface area (Å²) in [5.41, 5.74) is 1.35. The van der Waals surface area contributed by atoms with Crippen molar-refractivity contribution >= 4 is 15.9 Å². The molecule has 0 aliphatic carbocycles. The van der Waals surface area contributed by atoms with Gasteiger partial charge in [-0.2, -0.15) is 0 Å². The van der Waals surface area contributed by atoms with E-state index >= 15 is 0 Å².